The molecule has 126 valence electrons. The van der Waals surface area contributed by atoms with Gasteiger partial charge in [-0.05, 0) is 31.3 Å². The van der Waals surface area contributed by atoms with E-state index in [0.29, 0.717) is 32.1 Å². The summed E-state index contributed by atoms with van der Waals surface area (Å²) in [6.45, 7) is 2.58. The Bertz CT molecular complexity index is 378. The van der Waals surface area contributed by atoms with E-state index in [2.05, 4.69) is 0 Å². The standard InChI is InChI=1S/C16H29N3O2S/c1-22-12-7-14(17)16(21)19-10-8-18(9-11-19)15(20)13-5-3-2-4-6-13/h13-14H,2-12,17H2,1H3/t14-/m0/s1. The molecule has 1 saturated heterocycles. The zero-order valence-corrected chi connectivity index (χ0v) is 14.4. The van der Waals surface area contributed by atoms with Crippen LogP contribution < -0.4 is 5.73 Å². The van der Waals surface area contributed by atoms with E-state index in [4.69, 9.17) is 5.73 Å². The quantitative estimate of drug-likeness (QED) is 0.827. The second-order valence-corrected chi connectivity index (χ2v) is 7.36. The third-order valence-corrected chi connectivity index (χ3v) is 5.45. The molecule has 0 aromatic rings. The highest BCUT2D eigenvalue weighted by molar-refractivity contribution is 7.98. The number of hydrogen-bond acceptors (Lipinski definition) is 4. The number of piperazine rings is 1. The van der Waals surface area contributed by atoms with Gasteiger partial charge in [0.05, 0.1) is 6.04 Å². The molecule has 2 fully saturated rings. The molecule has 1 atom stereocenters. The van der Waals surface area contributed by atoms with Gasteiger partial charge in [0, 0.05) is 32.1 Å². The molecule has 1 aliphatic heterocycles. The fourth-order valence-electron chi connectivity index (χ4n) is 3.36. The van der Waals surface area contributed by atoms with E-state index in [1.807, 2.05) is 16.1 Å². The molecule has 1 heterocycles. The van der Waals surface area contributed by atoms with E-state index in [9.17, 15) is 9.59 Å². The third-order valence-electron chi connectivity index (χ3n) is 4.81. The Balaban J connectivity index is 1.77. The van der Waals surface area contributed by atoms with Crippen molar-refractivity contribution in [2.75, 3.05) is 38.2 Å². The minimum Gasteiger partial charge on any atom is -0.339 e. The van der Waals surface area contributed by atoms with Crippen LogP contribution in [0, 0.1) is 5.92 Å². The van der Waals surface area contributed by atoms with Crippen molar-refractivity contribution in [1.82, 2.24) is 9.80 Å². The largest absolute Gasteiger partial charge is 0.339 e. The highest BCUT2D eigenvalue weighted by atomic mass is 32.2. The zero-order chi connectivity index (χ0) is 15.9. The second kappa shape index (κ2) is 8.77. The number of carbonyl (C=O) groups is 2. The molecule has 2 rings (SSSR count). The SMILES string of the molecule is CSCC[C@H](N)C(=O)N1CCN(C(=O)C2CCCCC2)CC1. The Morgan fingerprint density at radius 3 is 2.27 bits per heavy atom. The molecule has 2 aliphatic rings. The first-order chi connectivity index (χ1) is 10.6. The fourth-order valence-corrected chi connectivity index (χ4v) is 3.85. The number of hydrogen-bond donors (Lipinski definition) is 1. The van der Waals surface area contributed by atoms with Crippen LogP contribution in [0.1, 0.15) is 38.5 Å². The molecular weight excluding hydrogens is 298 g/mol. The van der Waals surface area contributed by atoms with Gasteiger partial charge in [-0.1, -0.05) is 19.3 Å². The van der Waals surface area contributed by atoms with Crippen LogP contribution >= 0.6 is 11.8 Å². The maximum Gasteiger partial charge on any atom is 0.239 e. The van der Waals surface area contributed by atoms with Crippen molar-refractivity contribution >= 4 is 23.6 Å². The minimum absolute atomic E-state index is 0.0406. The van der Waals surface area contributed by atoms with Gasteiger partial charge in [0.15, 0.2) is 0 Å². The number of rotatable bonds is 5. The van der Waals surface area contributed by atoms with Gasteiger partial charge in [-0.2, -0.15) is 11.8 Å². The van der Waals surface area contributed by atoms with E-state index in [0.717, 1.165) is 25.0 Å². The predicted molar refractivity (Wildman–Crippen MR) is 90.7 cm³/mol. The van der Waals surface area contributed by atoms with Crippen LogP contribution in [-0.4, -0.2) is 65.8 Å². The van der Waals surface area contributed by atoms with Crippen LogP contribution in [0.4, 0.5) is 0 Å². The van der Waals surface area contributed by atoms with Crippen molar-refractivity contribution in [1.29, 1.82) is 0 Å². The van der Waals surface area contributed by atoms with Gasteiger partial charge in [0.25, 0.3) is 0 Å². The molecule has 0 aromatic carbocycles. The zero-order valence-electron chi connectivity index (χ0n) is 13.6. The molecule has 0 radical (unpaired) electrons. The molecule has 2 amide bonds. The highest BCUT2D eigenvalue weighted by Gasteiger charge is 2.30. The van der Waals surface area contributed by atoms with E-state index in [1.54, 1.807) is 11.8 Å². The molecule has 22 heavy (non-hydrogen) atoms. The predicted octanol–water partition coefficient (Wildman–Crippen LogP) is 1.32. The lowest BCUT2D eigenvalue weighted by Crippen LogP contribution is -2.55. The maximum atomic E-state index is 12.5. The van der Waals surface area contributed by atoms with Gasteiger partial charge in [-0.25, -0.2) is 0 Å². The molecule has 1 saturated carbocycles. The Morgan fingerprint density at radius 1 is 1.09 bits per heavy atom. The molecule has 0 spiro atoms. The van der Waals surface area contributed by atoms with Gasteiger partial charge in [0.1, 0.15) is 0 Å². The highest BCUT2D eigenvalue weighted by Crippen LogP contribution is 2.25. The van der Waals surface area contributed by atoms with Crippen molar-refractivity contribution < 1.29 is 9.59 Å². The van der Waals surface area contributed by atoms with Crippen molar-refractivity contribution in [2.24, 2.45) is 11.7 Å². The summed E-state index contributed by atoms with van der Waals surface area (Å²) in [5.41, 5.74) is 5.96. The molecule has 0 bridgehead atoms. The first-order valence-corrected chi connectivity index (χ1v) is 9.85. The van der Waals surface area contributed by atoms with Gasteiger partial charge >= 0.3 is 0 Å². The van der Waals surface area contributed by atoms with E-state index < -0.39 is 6.04 Å². The van der Waals surface area contributed by atoms with Crippen LogP contribution in [0.3, 0.4) is 0 Å². The number of amides is 2. The normalized spacial score (nSPS) is 21.7. The number of nitrogens with zero attached hydrogens (tertiary/aromatic N) is 2. The molecule has 0 aromatic heterocycles. The van der Waals surface area contributed by atoms with Crippen molar-refractivity contribution in [3.05, 3.63) is 0 Å². The summed E-state index contributed by atoms with van der Waals surface area (Å²) in [7, 11) is 0. The van der Waals surface area contributed by atoms with Crippen molar-refractivity contribution in [2.45, 2.75) is 44.6 Å². The lowest BCUT2D eigenvalue weighted by molar-refractivity contribution is -0.143. The first kappa shape index (κ1) is 17.6. The Kier molecular flexibility index (Phi) is 7.02. The van der Waals surface area contributed by atoms with Crippen molar-refractivity contribution in [3.8, 4) is 0 Å². The summed E-state index contributed by atoms with van der Waals surface area (Å²) in [6.07, 6.45) is 8.45. The summed E-state index contributed by atoms with van der Waals surface area (Å²) in [6, 6.07) is -0.395. The van der Waals surface area contributed by atoms with E-state index in [1.165, 1.54) is 19.3 Å². The summed E-state index contributed by atoms with van der Waals surface area (Å²) in [5.74, 6) is 1.48. The number of thioether (sulfide) groups is 1. The lowest BCUT2D eigenvalue weighted by atomic mass is 9.88. The average Bonchev–Trinajstić information content (AvgIpc) is 2.59. The third kappa shape index (κ3) is 4.62. The summed E-state index contributed by atoms with van der Waals surface area (Å²) in [5, 5.41) is 0. The van der Waals surface area contributed by atoms with Gasteiger partial charge in [-0.3, -0.25) is 9.59 Å². The molecule has 0 unspecified atom stereocenters. The van der Waals surface area contributed by atoms with Crippen LogP contribution in [0.15, 0.2) is 0 Å². The van der Waals surface area contributed by atoms with Crippen LogP contribution in [-0.2, 0) is 9.59 Å². The maximum absolute atomic E-state index is 12.5. The van der Waals surface area contributed by atoms with E-state index in [-0.39, 0.29) is 11.8 Å². The topological polar surface area (TPSA) is 66.6 Å². The smallest absolute Gasteiger partial charge is 0.239 e. The second-order valence-electron chi connectivity index (χ2n) is 6.37. The van der Waals surface area contributed by atoms with Crippen LogP contribution in [0.2, 0.25) is 0 Å². The van der Waals surface area contributed by atoms with Gasteiger partial charge < -0.3 is 15.5 Å². The van der Waals surface area contributed by atoms with Crippen molar-refractivity contribution in [3.63, 3.8) is 0 Å². The molecule has 2 N–H and O–H groups in total. The summed E-state index contributed by atoms with van der Waals surface area (Å²) >= 11 is 1.71. The summed E-state index contributed by atoms with van der Waals surface area (Å²) in [4.78, 5) is 28.6. The Hall–Kier alpha value is -0.750. The Labute approximate surface area is 138 Å². The summed E-state index contributed by atoms with van der Waals surface area (Å²) < 4.78 is 0. The lowest BCUT2D eigenvalue weighted by Gasteiger charge is -2.38. The molecule has 5 nitrogen and oxygen atoms in total. The molecule has 6 heteroatoms. The molecule has 1 aliphatic carbocycles. The van der Waals surface area contributed by atoms with Gasteiger partial charge in [0.2, 0.25) is 11.8 Å². The first-order valence-electron chi connectivity index (χ1n) is 8.45. The monoisotopic (exact) mass is 327 g/mol. The fraction of sp³-hybridized carbons (Fsp3) is 0.875. The number of carbonyl (C=O) groups excluding carboxylic acids is 2. The molecular formula is C16H29N3O2S. The minimum atomic E-state index is -0.395. The Morgan fingerprint density at radius 2 is 1.68 bits per heavy atom. The average molecular weight is 327 g/mol. The van der Waals surface area contributed by atoms with E-state index >= 15 is 0 Å². The van der Waals surface area contributed by atoms with Crippen LogP contribution in [0.5, 0.6) is 0 Å². The van der Waals surface area contributed by atoms with Crippen LogP contribution in [0.25, 0.3) is 0 Å². The van der Waals surface area contributed by atoms with Gasteiger partial charge in [-0.15, -0.1) is 0 Å². The number of nitrogens with two attached hydrogens (primary N) is 1.